The van der Waals surface area contributed by atoms with E-state index in [9.17, 15) is 4.79 Å². The fourth-order valence-electron chi connectivity index (χ4n) is 2.03. The van der Waals surface area contributed by atoms with Gasteiger partial charge in [0, 0.05) is 19.1 Å². The zero-order valence-electron chi connectivity index (χ0n) is 10.3. The van der Waals surface area contributed by atoms with Crippen LogP contribution in [0.3, 0.4) is 0 Å². The van der Waals surface area contributed by atoms with E-state index in [2.05, 4.69) is 0 Å². The normalized spacial score (nSPS) is 28.4. The Kier molecular flexibility index (Phi) is 5.44. The number of carboxylic acid groups (broad SMARTS) is 1. The summed E-state index contributed by atoms with van der Waals surface area (Å²) in [7, 11) is 0. The summed E-state index contributed by atoms with van der Waals surface area (Å²) in [4.78, 5) is 10.9. The number of aliphatic hydroxyl groups is 1. The maximum Gasteiger partial charge on any atom is 0.370 e. The van der Waals surface area contributed by atoms with Crippen LogP contribution < -0.4 is 0 Å². The van der Waals surface area contributed by atoms with Crippen molar-refractivity contribution in [3.8, 4) is 0 Å². The molecule has 0 radical (unpaired) electrons. The lowest BCUT2D eigenvalue weighted by Crippen LogP contribution is -2.36. The highest BCUT2D eigenvalue weighted by Gasteiger charge is 2.34. The van der Waals surface area contributed by atoms with E-state index in [1.165, 1.54) is 0 Å². The molecule has 17 heavy (non-hydrogen) atoms. The molecule has 0 unspecified atom stereocenters. The molecule has 0 saturated heterocycles. The van der Waals surface area contributed by atoms with Gasteiger partial charge in [-0.1, -0.05) is 6.92 Å². The minimum Gasteiger partial charge on any atom is -0.475 e. The molecule has 0 aromatic heterocycles. The van der Waals surface area contributed by atoms with Gasteiger partial charge in [0.15, 0.2) is 0 Å². The van der Waals surface area contributed by atoms with Crippen molar-refractivity contribution >= 4 is 5.97 Å². The molecule has 1 aliphatic heterocycles. The van der Waals surface area contributed by atoms with E-state index < -0.39 is 12.3 Å². The number of aliphatic hydroxyl groups excluding tert-OH is 1. The third-order valence-electron chi connectivity index (χ3n) is 2.92. The molecule has 0 bridgehead atoms. The zero-order chi connectivity index (χ0) is 12.8. The Labute approximate surface area is 101 Å². The van der Waals surface area contributed by atoms with E-state index >= 15 is 0 Å². The molecular weight excluding hydrogens is 224 g/mol. The van der Waals surface area contributed by atoms with Gasteiger partial charge < -0.3 is 19.7 Å². The van der Waals surface area contributed by atoms with E-state index in [-0.39, 0.29) is 24.2 Å². The summed E-state index contributed by atoms with van der Waals surface area (Å²) in [5, 5.41) is 17.8. The molecule has 3 atom stereocenters. The van der Waals surface area contributed by atoms with Crippen molar-refractivity contribution < 1.29 is 24.5 Å². The molecule has 0 fully saturated rings. The third kappa shape index (κ3) is 3.71. The molecule has 2 N–H and O–H groups in total. The molecule has 1 heterocycles. The summed E-state index contributed by atoms with van der Waals surface area (Å²) in [6.07, 6.45) is 2.50. The number of hydrogen-bond acceptors (Lipinski definition) is 4. The van der Waals surface area contributed by atoms with Crippen molar-refractivity contribution in [1.82, 2.24) is 0 Å². The first-order valence-corrected chi connectivity index (χ1v) is 5.94. The zero-order valence-corrected chi connectivity index (χ0v) is 10.3. The molecule has 0 aromatic rings. The molecule has 1 aliphatic rings. The van der Waals surface area contributed by atoms with Crippen molar-refractivity contribution in [2.24, 2.45) is 11.8 Å². The predicted octanol–water partition coefficient (Wildman–Crippen LogP) is 1.37. The second-order valence-corrected chi connectivity index (χ2v) is 4.17. The first-order chi connectivity index (χ1) is 8.10. The van der Waals surface area contributed by atoms with Crippen LogP contribution in [0, 0.1) is 11.8 Å². The van der Waals surface area contributed by atoms with Crippen molar-refractivity contribution in [1.29, 1.82) is 0 Å². The van der Waals surface area contributed by atoms with Crippen LogP contribution in [0.5, 0.6) is 0 Å². The number of ether oxygens (including phenoxy) is 2. The SMILES string of the molecule is CCO[C@H]1OC(C(=O)O)=C[C@@H](C)[C@H]1CCCO. The summed E-state index contributed by atoms with van der Waals surface area (Å²) in [5.41, 5.74) is 0. The van der Waals surface area contributed by atoms with Crippen LogP contribution in [0.2, 0.25) is 0 Å². The van der Waals surface area contributed by atoms with Crippen molar-refractivity contribution in [2.75, 3.05) is 13.2 Å². The van der Waals surface area contributed by atoms with Gasteiger partial charge >= 0.3 is 5.97 Å². The highest BCUT2D eigenvalue weighted by molar-refractivity contribution is 5.84. The molecule has 0 aromatic carbocycles. The van der Waals surface area contributed by atoms with E-state index in [0.717, 1.165) is 6.42 Å². The first kappa shape index (κ1) is 14.0. The van der Waals surface area contributed by atoms with Gasteiger partial charge in [-0.3, -0.25) is 0 Å². The van der Waals surface area contributed by atoms with Crippen molar-refractivity contribution in [3.05, 3.63) is 11.8 Å². The molecule has 0 saturated carbocycles. The fraction of sp³-hybridized carbons (Fsp3) is 0.750. The lowest BCUT2D eigenvalue weighted by Gasteiger charge is -2.34. The van der Waals surface area contributed by atoms with Gasteiger partial charge in [0.2, 0.25) is 12.0 Å². The van der Waals surface area contributed by atoms with Crippen LogP contribution in [0.4, 0.5) is 0 Å². The Morgan fingerprint density at radius 2 is 2.29 bits per heavy atom. The molecule has 0 aliphatic carbocycles. The number of carboxylic acids is 1. The molecule has 0 amide bonds. The highest BCUT2D eigenvalue weighted by atomic mass is 16.7. The Morgan fingerprint density at radius 3 is 2.82 bits per heavy atom. The summed E-state index contributed by atoms with van der Waals surface area (Å²) in [5.74, 6) is -0.957. The van der Waals surface area contributed by atoms with Crippen LogP contribution >= 0.6 is 0 Å². The summed E-state index contributed by atoms with van der Waals surface area (Å²) in [6, 6.07) is 0. The largest absolute Gasteiger partial charge is 0.475 e. The van der Waals surface area contributed by atoms with Gasteiger partial charge in [0.25, 0.3) is 0 Å². The van der Waals surface area contributed by atoms with Gasteiger partial charge in [-0.05, 0) is 31.8 Å². The minimum absolute atomic E-state index is 0.0452. The number of carbonyl (C=O) groups is 1. The van der Waals surface area contributed by atoms with Gasteiger partial charge in [0.05, 0.1) is 0 Å². The lowest BCUT2D eigenvalue weighted by atomic mass is 9.87. The van der Waals surface area contributed by atoms with E-state index in [1.807, 2.05) is 13.8 Å². The van der Waals surface area contributed by atoms with Crippen LogP contribution in [0.15, 0.2) is 11.8 Å². The van der Waals surface area contributed by atoms with Crippen molar-refractivity contribution in [3.63, 3.8) is 0 Å². The number of allylic oxidation sites excluding steroid dienone is 1. The van der Waals surface area contributed by atoms with E-state index in [4.69, 9.17) is 19.7 Å². The fourth-order valence-corrected chi connectivity index (χ4v) is 2.03. The molecular formula is C12H20O5. The third-order valence-corrected chi connectivity index (χ3v) is 2.92. The Balaban J connectivity index is 2.76. The molecule has 0 spiro atoms. The maximum absolute atomic E-state index is 10.9. The van der Waals surface area contributed by atoms with Crippen LogP contribution in [-0.4, -0.2) is 35.7 Å². The van der Waals surface area contributed by atoms with Gasteiger partial charge in [0.1, 0.15) is 0 Å². The van der Waals surface area contributed by atoms with Gasteiger partial charge in [-0.15, -0.1) is 0 Å². The smallest absolute Gasteiger partial charge is 0.370 e. The van der Waals surface area contributed by atoms with E-state index in [1.54, 1.807) is 6.08 Å². The summed E-state index contributed by atoms with van der Waals surface area (Å²) < 4.78 is 10.8. The van der Waals surface area contributed by atoms with Crippen LogP contribution in [-0.2, 0) is 14.3 Å². The van der Waals surface area contributed by atoms with Crippen LogP contribution in [0.25, 0.3) is 0 Å². The number of rotatable bonds is 6. The van der Waals surface area contributed by atoms with Gasteiger partial charge in [-0.2, -0.15) is 0 Å². The topological polar surface area (TPSA) is 76.0 Å². The Morgan fingerprint density at radius 1 is 1.59 bits per heavy atom. The predicted molar refractivity (Wildman–Crippen MR) is 61.2 cm³/mol. The van der Waals surface area contributed by atoms with Gasteiger partial charge in [-0.25, -0.2) is 4.79 Å². The standard InChI is InChI=1S/C12H20O5/c1-3-16-12-9(5-4-6-13)8(2)7-10(17-12)11(14)15/h7-9,12-13H,3-6H2,1-2H3,(H,14,15)/t8-,9-,12+/m1/s1. The highest BCUT2D eigenvalue weighted by Crippen LogP contribution is 2.32. The van der Waals surface area contributed by atoms with Crippen LogP contribution in [0.1, 0.15) is 26.7 Å². The Hall–Kier alpha value is -1.07. The molecule has 5 heteroatoms. The maximum atomic E-state index is 10.9. The molecule has 5 nitrogen and oxygen atoms in total. The van der Waals surface area contributed by atoms with Crippen molar-refractivity contribution in [2.45, 2.75) is 33.0 Å². The quantitative estimate of drug-likeness (QED) is 0.738. The second kappa shape index (κ2) is 6.61. The first-order valence-electron chi connectivity index (χ1n) is 5.94. The Bertz CT molecular complexity index is 287. The molecule has 1 rings (SSSR count). The molecule has 98 valence electrons. The number of hydrogen-bond donors (Lipinski definition) is 2. The summed E-state index contributed by atoms with van der Waals surface area (Å²) >= 11 is 0. The number of aliphatic carboxylic acids is 1. The average molecular weight is 244 g/mol. The van der Waals surface area contributed by atoms with E-state index in [0.29, 0.717) is 13.0 Å². The second-order valence-electron chi connectivity index (χ2n) is 4.17. The lowest BCUT2D eigenvalue weighted by molar-refractivity contribution is -0.176. The monoisotopic (exact) mass is 244 g/mol. The average Bonchev–Trinajstić information content (AvgIpc) is 2.28. The minimum atomic E-state index is -1.07. The summed E-state index contributed by atoms with van der Waals surface area (Å²) in [6.45, 7) is 4.38.